The Morgan fingerprint density at radius 3 is 2.61 bits per heavy atom. The van der Waals surface area contributed by atoms with Gasteiger partial charge in [-0.25, -0.2) is 4.68 Å². The monoisotopic (exact) mass is 419 g/mol. The Morgan fingerprint density at radius 1 is 1.16 bits per heavy atom. The lowest BCUT2D eigenvalue weighted by Gasteiger charge is -2.14. The van der Waals surface area contributed by atoms with Crippen LogP contribution in [0.1, 0.15) is 46.1 Å². The third-order valence-electron chi connectivity index (χ3n) is 5.37. The summed E-state index contributed by atoms with van der Waals surface area (Å²) in [5.74, 6) is 0.914. The minimum atomic E-state index is -0.205. The van der Waals surface area contributed by atoms with Gasteiger partial charge in [0.05, 0.1) is 11.4 Å². The molecule has 0 radical (unpaired) electrons. The third-order valence-corrected chi connectivity index (χ3v) is 5.37. The second-order valence-electron chi connectivity index (χ2n) is 8.29. The molecule has 3 aromatic rings. The number of aromatic nitrogens is 3. The predicted molar refractivity (Wildman–Crippen MR) is 120 cm³/mol. The standard InChI is InChI=1S/C24H29N5O2/c1-17-8-12-20(13-9-17)29-23(18-10-11-18)22(26-27-29)24(30)25-16-19-6-4-5-7-21(19)31-15-14-28(2)3/h4-9,12-13,18H,10-11,14-16H2,1-3H3,(H,25,30). The van der Waals surface area contributed by atoms with Crippen LogP contribution in [0.25, 0.3) is 5.69 Å². The van der Waals surface area contributed by atoms with Gasteiger partial charge in [0.25, 0.3) is 5.91 Å². The Hall–Kier alpha value is -3.19. The van der Waals surface area contributed by atoms with Crippen molar-refractivity contribution in [2.24, 2.45) is 0 Å². The molecule has 1 saturated carbocycles. The molecule has 1 fully saturated rings. The molecule has 0 bridgehead atoms. The Kier molecular flexibility index (Phi) is 6.32. The Morgan fingerprint density at radius 2 is 1.90 bits per heavy atom. The second kappa shape index (κ2) is 9.31. The molecular weight excluding hydrogens is 390 g/mol. The smallest absolute Gasteiger partial charge is 0.274 e. The molecule has 1 amide bonds. The van der Waals surface area contributed by atoms with Gasteiger partial charge in [0.2, 0.25) is 0 Å². The van der Waals surface area contributed by atoms with E-state index in [1.807, 2.05) is 74.2 Å². The van der Waals surface area contributed by atoms with Crippen LogP contribution in [-0.2, 0) is 6.54 Å². The van der Waals surface area contributed by atoms with Crippen molar-refractivity contribution in [1.29, 1.82) is 0 Å². The van der Waals surface area contributed by atoms with Gasteiger partial charge >= 0.3 is 0 Å². The number of carbonyl (C=O) groups is 1. The van der Waals surface area contributed by atoms with Crippen LogP contribution in [0.2, 0.25) is 0 Å². The van der Waals surface area contributed by atoms with E-state index in [1.54, 1.807) is 0 Å². The highest BCUT2D eigenvalue weighted by Gasteiger charge is 2.34. The number of para-hydroxylation sites is 1. The second-order valence-corrected chi connectivity index (χ2v) is 8.29. The molecule has 1 heterocycles. The maximum absolute atomic E-state index is 13.0. The summed E-state index contributed by atoms with van der Waals surface area (Å²) in [7, 11) is 4.02. The number of amides is 1. The van der Waals surface area contributed by atoms with Crippen molar-refractivity contribution in [3.05, 3.63) is 71.0 Å². The number of ether oxygens (including phenoxy) is 1. The molecule has 31 heavy (non-hydrogen) atoms. The lowest BCUT2D eigenvalue weighted by Crippen LogP contribution is -2.25. The van der Waals surface area contributed by atoms with Crippen LogP contribution in [0.4, 0.5) is 0 Å². The zero-order chi connectivity index (χ0) is 21.8. The number of aryl methyl sites for hydroxylation is 1. The van der Waals surface area contributed by atoms with E-state index in [4.69, 9.17) is 4.74 Å². The lowest BCUT2D eigenvalue weighted by atomic mass is 10.1. The van der Waals surface area contributed by atoms with E-state index in [0.29, 0.717) is 24.8 Å². The first-order valence-electron chi connectivity index (χ1n) is 10.7. The number of hydrogen-bond donors (Lipinski definition) is 1. The quantitative estimate of drug-likeness (QED) is 0.576. The number of nitrogens with zero attached hydrogens (tertiary/aromatic N) is 4. The summed E-state index contributed by atoms with van der Waals surface area (Å²) < 4.78 is 7.71. The van der Waals surface area contributed by atoms with Crippen molar-refractivity contribution < 1.29 is 9.53 Å². The van der Waals surface area contributed by atoms with Gasteiger partial charge in [-0.15, -0.1) is 5.10 Å². The molecule has 1 aliphatic rings. The summed E-state index contributed by atoms with van der Waals surface area (Å²) in [4.78, 5) is 15.1. The zero-order valence-corrected chi connectivity index (χ0v) is 18.3. The van der Waals surface area contributed by atoms with Crippen molar-refractivity contribution in [2.45, 2.75) is 32.2 Å². The van der Waals surface area contributed by atoms with Crippen LogP contribution in [0.15, 0.2) is 48.5 Å². The van der Waals surface area contributed by atoms with Crippen LogP contribution < -0.4 is 10.1 Å². The maximum Gasteiger partial charge on any atom is 0.274 e. The Labute approximate surface area is 183 Å². The molecule has 0 aliphatic heterocycles. The number of rotatable bonds is 9. The van der Waals surface area contributed by atoms with E-state index in [9.17, 15) is 4.79 Å². The van der Waals surface area contributed by atoms with Gasteiger partial charge in [0, 0.05) is 24.6 Å². The Balaban J connectivity index is 1.48. The van der Waals surface area contributed by atoms with E-state index in [2.05, 4.69) is 20.5 Å². The van der Waals surface area contributed by atoms with Crippen molar-refractivity contribution in [1.82, 2.24) is 25.2 Å². The largest absolute Gasteiger partial charge is 0.492 e. The number of nitrogens with one attached hydrogen (secondary N) is 1. The molecule has 1 N–H and O–H groups in total. The minimum absolute atomic E-state index is 0.205. The zero-order valence-electron chi connectivity index (χ0n) is 18.3. The van der Waals surface area contributed by atoms with Gasteiger partial charge in [-0.2, -0.15) is 0 Å². The normalized spacial score (nSPS) is 13.4. The summed E-state index contributed by atoms with van der Waals surface area (Å²) in [6, 6.07) is 15.9. The van der Waals surface area contributed by atoms with Gasteiger partial charge < -0.3 is 15.0 Å². The first-order chi connectivity index (χ1) is 15.0. The summed E-state index contributed by atoms with van der Waals surface area (Å²) in [6.45, 7) is 3.84. The summed E-state index contributed by atoms with van der Waals surface area (Å²) in [5.41, 5.74) is 4.36. The van der Waals surface area contributed by atoms with E-state index in [0.717, 1.165) is 42.1 Å². The summed E-state index contributed by atoms with van der Waals surface area (Å²) in [6.07, 6.45) is 2.12. The highest BCUT2D eigenvalue weighted by molar-refractivity contribution is 5.93. The maximum atomic E-state index is 13.0. The van der Waals surface area contributed by atoms with Crippen molar-refractivity contribution in [3.8, 4) is 11.4 Å². The first-order valence-corrected chi connectivity index (χ1v) is 10.7. The van der Waals surface area contributed by atoms with Crippen molar-refractivity contribution in [3.63, 3.8) is 0 Å². The fourth-order valence-corrected chi connectivity index (χ4v) is 3.44. The van der Waals surface area contributed by atoms with E-state index in [-0.39, 0.29) is 5.91 Å². The molecule has 0 atom stereocenters. The van der Waals surface area contributed by atoms with Crippen LogP contribution in [0.3, 0.4) is 0 Å². The molecule has 1 aromatic heterocycles. The minimum Gasteiger partial charge on any atom is -0.492 e. The first kappa shape index (κ1) is 21.1. The van der Waals surface area contributed by atoms with Gasteiger partial charge in [0.15, 0.2) is 5.69 Å². The van der Waals surface area contributed by atoms with Gasteiger partial charge in [-0.05, 0) is 52.1 Å². The van der Waals surface area contributed by atoms with E-state index < -0.39 is 0 Å². The number of benzene rings is 2. The van der Waals surface area contributed by atoms with Crippen molar-refractivity contribution in [2.75, 3.05) is 27.2 Å². The average Bonchev–Trinajstić information content (AvgIpc) is 3.51. The number of carbonyl (C=O) groups excluding carboxylic acids is 1. The molecule has 4 rings (SSSR count). The van der Waals surface area contributed by atoms with Gasteiger partial charge in [-0.3, -0.25) is 4.79 Å². The fourth-order valence-electron chi connectivity index (χ4n) is 3.44. The molecule has 7 nitrogen and oxygen atoms in total. The topological polar surface area (TPSA) is 72.3 Å². The third kappa shape index (κ3) is 5.11. The lowest BCUT2D eigenvalue weighted by molar-refractivity contribution is 0.0944. The van der Waals surface area contributed by atoms with E-state index in [1.165, 1.54) is 5.56 Å². The molecule has 0 saturated heterocycles. The average molecular weight is 420 g/mol. The molecule has 0 spiro atoms. The highest BCUT2D eigenvalue weighted by Crippen LogP contribution is 2.42. The summed E-state index contributed by atoms with van der Waals surface area (Å²) in [5, 5.41) is 11.6. The summed E-state index contributed by atoms with van der Waals surface area (Å²) >= 11 is 0. The highest BCUT2D eigenvalue weighted by atomic mass is 16.5. The molecule has 162 valence electrons. The molecule has 2 aromatic carbocycles. The predicted octanol–water partition coefficient (Wildman–Crippen LogP) is 3.32. The van der Waals surface area contributed by atoms with Gasteiger partial charge in [-0.1, -0.05) is 41.1 Å². The van der Waals surface area contributed by atoms with Crippen LogP contribution in [0, 0.1) is 6.92 Å². The Bertz CT molecular complexity index is 1040. The fraction of sp³-hybridized carbons (Fsp3) is 0.375. The van der Waals surface area contributed by atoms with Crippen molar-refractivity contribution >= 4 is 5.91 Å². The van der Waals surface area contributed by atoms with Crippen LogP contribution >= 0.6 is 0 Å². The SMILES string of the molecule is Cc1ccc(-n2nnc(C(=O)NCc3ccccc3OCCN(C)C)c2C2CC2)cc1. The molecular formula is C24H29N5O2. The van der Waals surface area contributed by atoms with E-state index >= 15 is 0 Å². The molecule has 7 heteroatoms. The molecule has 0 unspecified atom stereocenters. The number of likely N-dealkylation sites (N-methyl/N-ethyl adjacent to an activating group) is 1. The van der Waals surface area contributed by atoms with Gasteiger partial charge in [0.1, 0.15) is 12.4 Å². The van der Waals surface area contributed by atoms with Crippen LogP contribution in [0.5, 0.6) is 5.75 Å². The van der Waals surface area contributed by atoms with Crippen LogP contribution in [-0.4, -0.2) is 53.0 Å². The molecule has 1 aliphatic carbocycles. The number of hydrogen-bond acceptors (Lipinski definition) is 5.